The molecular formula is C15H20BrN3O. The molecule has 2 atom stereocenters. The number of nitrogens with one attached hydrogen (secondary N) is 2. The third-order valence-corrected chi connectivity index (χ3v) is 4.05. The fourth-order valence-electron chi connectivity index (χ4n) is 1.85. The quantitative estimate of drug-likeness (QED) is 0.759. The van der Waals surface area contributed by atoms with Crippen molar-refractivity contribution in [2.75, 3.05) is 6.61 Å². The van der Waals surface area contributed by atoms with Gasteiger partial charge in [-0.3, -0.25) is 0 Å². The number of rotatable bonds is 6. The molecule has 108 valence electrons. The SMILES string of the molecule is CC(CO)C(C)NCc1ncc(-c2ccc(Br)cc2)[nH]1. The number of imidazole rings is 1. The van der Waals surface area contributed by atoms with Crippen molar-refractivity contribution < 1.29 is 5.11 Å². The normalized spacial score (nSPS) is 14.2. The van der Waals surface area contributed by atoms with Crippen LogP contribution in [0.2, 0.25) is 0 Å². The largest absolute Gasteiger partial charge is 0.396 e. The zero-order valence-corrected chi connectivity index (χ0v) is 13.3. The van der Waals surface area contributed by atoms with Crippen LogP contribution in [0.5, 0.6) is 0 Å². The van der Waals surface area contributed by atoms with Crippen molar-refractivity contribution in [1.29, 1.82) is 0 Å². The number of aromatic amines is 1. The third kappa shape index (κ3) is 3.91. The van der Waals surface area contributed by atoms with Crippen LogP contribution in [-0.4, -0.2) is 27.7 Å². The molecule has 0 saturated carbocycles. The molecule has 0 radical (unpaired) electrons. The lowest BCUT2D eigenvalue weighted by atomic mass is 10.1. The molecule has 2 rings (SSSR count). The Balaban J connectivity index is 1.97. The summed E-state index contributed by atoms with van der Waals surface area (Å²) in [7, 11) is 0. The molecule has 1 aromatic heterocycles. The van der Waals surface area contributed by atoms with Gasteiger partial charge in [-0.1, -0.05) is 35.0 Å². The Morgan fingerprint density at radius 3 is 2.65 bits per heavy atom. The van der Waals surface area contributed by atoms with Crippen LogP contribution < -0.4 is 5.32 Å². The van der Waals surface area contributed by atoms with E-state index in [0.29, 0.717) is 6.54 Å². The highest BCUT2D eigenvalue weighted by atomic mass is 79.9. The molecule has 0 aliphatic carbocycles. The summed E-state index contributed by atoms with van der Waals surface area (Å²) in [6, 6.07) is 8.37. The summed E-state index contributed by atoms with van der Waals surface area (Å²) < 4.78 is 1.06. The van der Waals surface area contributed by atoms with Gasteiger partial charge < -0.3 is 15.4 Å². The van der Waals surface area contributed by atoms with Crippen LogP contribution in [0.1, 0.15) is 19.7 Å². The predicted molar refractivity (Wildman–Crippen MR) is 84.3 cm³/mol. The van der Waals surface area contributed by atoms with Crippen molar-refractivity contribution in [3.05, 3.63) is 40.8 Å². The van der Waals surface area contributed by atoms with Gasteiger partial charge in [0.2, 0.25) is 0 Å². The van der Waals surface area contributed by atoms with Gasteiger partial charge in [-0.25, -0.2) is 4.98 Å². The second-order valence-corrected chi connectivity index (χ2v) is 6.00. The molecule has 2 aromatic rings. The first-order valence-corrected chi connectivity index (χ1v) is 7.53. The van der Waals surface area contributed by atoms with E-state index in [9.17, 15) is 0 Å². The van der Waals surface area contributed by atoms with Crippen LogP contribution in [-0.2, 0) is 6.54 Å². The molecule has 0 spiro atoms. The molecule has 0 aliphatic rings. The molecule has 20 heavy (non-hydrogen) atoms. The predicted octanol–water partition coefficient (Wildman–Crippen LogP) is 2.95. The number of nitrogens with zero attached hydrogens (tertiary/aromatic N) is 1. The molecule has 0 amide bonds. The van der Waals surface area contributed by atoms with Crippen molar-refractivity contribution in [3.8, 4) is 11.3 Å². The number of hydrogen-bond donors (Lipinski definition) is 3. The summed E-state index contributed by atoms with van der Waals surface area (Å²) >= 11 is 3.43. The molecule has 3 N–H and O–H groups in total. The minimum Gasteiger partial charge on any atom is -0.396 e. The average molecular weight is 338 g/mol. The van der Waals surface area contributed by atoms with Crippen molar-refractivity contribution in [2.24, 2.45) is 5.92 Å². The van der Waals surface area contributed by atoms with Gasteiger partial charge in [0.05, 0.1) is 18.4 Å². The summed E-state index contributed by atoms with van der Waals surface area (Å²) in [4.78, 5) is 7.69. The van der Waals surface area contributed by atoms with Crippen LogP contribution in [0, 0.1) is 5.92 Å². The minimum absolute atomic E-state index is 0.191. The monoisotopic (exact) mass is 337 g/mol. The molecule has 0 fully saturated rings. The minimum atomic E-state index is 0.191. The van der Waals surface area contributed by atoms with Crippen molar-refractivity contribution in [2.45, 2.75) is 26.4 Å². The Morgan fingerprint density at radius 1 is 1.30 bits per heavy atom. The van der Waals surface area contributed by atoms with E-state index < -0.39 is 0 Å². The Kier molecular flexibility index (Phi) is 5.34. The van der Waals surface area contributed by atoms with Crippen LogP contribution in [0.15, 0.2) is 34.9 Å². The lowest BCUT2D eigenvalue weighted by Crippen LogP contribution is -2.33. The third-order valence-electron chi connectivity index (χ3n) is 3.52. The Morgan fingerprint density at radius 2 is 2.00 bits per heavy atom. The van der Waals surface area contributed by atoms with E-state index in [-0.39, 0.29) is 18.6 Å². The second-order valence-electron chi connectivity index (χ2n) is 5.08. The summed E-state index contributed by atoms with van der Waals surface area (Å²) in [6.07, 6.45) is 1.85. The number of halogens is 1. The van der Waals surface area contributed by atoms with Crippen molar-refractivity contribution in [1.82, 2.24) is 15.3 Å². The van der Waals surface area contributed by atoms with Gasteiger partial charge in [-0.15, -0.1) is 0 Å². The molecular weight excluding hydrogens is 318 g/mol. The number of hydrogen-bond acceptors (Lipinski definition) is 3. The topological polar surface area (TPSA) is 60.9 Å². The Hall–Kier alpha value is -1.17. The van der Waals surface area contributed by atoms with Crippen molar-refractivity contribution in [3.63, 3.8) is 0 Å². The summed E-state index contributed by atoms with van der Waals surface area (Å²) in [5, 5.41) is 12.5. The number of aliphatic hydroxyl groups is 1. The number of aliphatic hydroxyl groups excluding tert-OH is 1. The van der Waals surface area contributed by atoms with E-state index in [1.54, 1.807) is 0 Å². The standard InChI is InChI=1S/C15H20BrN3O/c1-10(9-20)11(2)17-8-15-18-7-14(19-15)12-3-5-13(16)6-4-12/h3-7,10-11,17,20H,8-9H2,1-2H3,(H,18,19). The van der Waals surface area contributed by atoms with E-state index in [0.717, 1.165) is 21.6 Å². The first-order valence-electron chi connectivity index (χ1n) is 6.74. The summed E-state index contributed by atoms with van der Waals surface area (Å²) in [6.45, 7) is 4.95. The van der Waals surface area contributed by atoms with E-state index in [1.165, 1.54) is 0 Å². The van der Waals surface area contributed by atoms with Crippen LogP contribution in [0.25, 0.3) is 11.3 Å². The Bertz CT molecular complexity index is 538. The van der Waals surface area contributed by atoms with Crippen LogP contribution in [0.3, 0.4) is 0 Å². The average Bonchev–Trinajstić information content (AvgIpc) is 2.93. The van der Waals surface area contributed by atoms with Gasteiger partial charge >= 0.3 is 0 Å². The Labute approximate surface area is 127 Å². The van der Waals surface area contributed by atoms with E-state index >= 15 is 0 Å². The van der Waals surface area contributed by atoms with Gasteiger partial charge in [0.25, 0.3) is 0 Å². The van der Waals surface area contributed by atoms with Crippen LogP contribution in [0.4, 0.5) is 0 Å². The number of H-pyrrole nitrogens is 1. The van der Waals surface area contributed by atoms with Crippen molar-refractivity contribution >= 4 is 15.9 Å². The maximum atomic E-state index is 9.11. The van der Waals surface area contributed by atoms with Gasteiger partial charge in [-0.05, 0) is 30.5 Å². The van der Waals surface area contributed by atoms with Gasteiger partial charge in [0.1, 0.15) is 5.82 Å². The zero-order chi connectivity index (χ0) is 14.5. The molecule has 1 aromatic carbocycles. The molecule has 0 saturated heterocycles. The fourth-order valence-corrected chi connectivity index (χ4v) is 2.11. The number of benzene rings is 1. The van der Waals surface area contributed by atoms with E-state index in [4.69, 9.17) is 5.11 Å². The number of aromatic nitrogens is 2. The molecule has 4 nitrogen and oxygen atoms in total. The van der Waals surface area contributed by atoms with Gasteiger partial charge in [0.15, 0.2) is 0 Å². The zero-order valence-electron chi connectivity index (χ0n) is 11.7. The smallest absolute Gasteiger partial charge is 0.120 e. The lowest BCUT2D eigenvalue weighted by Gasteiger charge is -2.18. The van der Waals surface area contributed by atoms with E-state index in [2.05, 4.69) is 38.1 Å². The molecule has 5 heteroatoms. The highest BCUT2D eigenvalue weighted by molar-refractivity contribution is 9.10. The fraction of sp³-hybridized carbons (Fsp3) is 0.400. The first kappa shape index (κ1) is 15.2. The molecule has 1 heterocycles. The molecule has 0 aliphatic heterocycles. The summed E-state index contributed by atoms with van der Waals surface area (Å²) in [5.41, 5.74) is 2.13. The highest BCUT2D eigenvalue weighted by Gasteiger charge is 2.11. The van der Waals surface area contributed by atoms with E-state index in [1.807, 2.05) is 37.4 Å². The van der Waals surface area contributed by atoms with Gasteiger partial charge in [0, 0.05) is 17.1 Å². The van der Waals surface area contributed by atoms with Gasteiger partial charge in [-0.2, -0.15) is 0 Å². The lowest BCUT2D eigenvalue weighted by molar-refractivity contribution is 0.206. The highest BCUT2D eigenvalue weighted by Crippen LogP contribution is 2.19. The second kappa shape index (κ2) is 7.02. The first-order chi connectivity index (χ1) is 9.60. The molecule has 0 bridgehead atoms. The van der Waals surface area contributed by atoms with Crippen LogP contribution >= 0.6 is 15.9 Å². The maximum absolute atomic E-state index is 9.11. The molecule has 2 unspecified atom stereocenters. The maximum Gasteiger partial charge on any atom is 0.120 e. The summed E-state index contributed by atoms with van der Waals surface area (Å²) in [5.74, 6) is 1.14.